The second-order valence-electron chi connectivity index (χ2n) is 5.01. The third kappa shape index (κ3) is 1.58. The highest BCUT2D eigenvalue weighted by Gasteiger charge is 2.47. The molecule has 2 bridgehead atoms. The third-order valence-electron chi connectivity index (χ3n) is 3.23. The zero-order valence-corrected chi connectivity index (χ0v) is 8.95. The van der Waals surface area contributed by atoms with Crippen molar-refractivity contribution in [3.63, 3.8) is 0 Å². The molecule has 0 aromatic rings. The van der Waals surface area contributed by atoms with Gasteiger partial charge in [0.15, 0.2) is 0 Å². The van der Waals surface area contributed by atoms with Crippen molar-refractivity contribution in [2.24, 2.45) is 17.3 Å². The van der Waals surface area contributed by atoms with Crippen LogP contribution in [0.4, 0.5) is 0 Å². The summed E-state index contributed by atoms with van der Waals surface area (Å²) in [6.07, 6.45) is 7.40. The van der Waals surface area contributed by atoms with Crippen molar-refractivity contribution in [2.75, 3.05) is 6.61 Å². The number of carbonyl (C=O) groups is 1. The van der Waals surface area contributed by atoms with Crippen LogP contribution in [0.2, 0.25) is 0 Å². The van der Waals surface area contributed by atoms with Crippen molar-refractivity contribution in [3.05, 3.63) is 12.2 Å². The molecule has 2 nitrogen and oxygen atoms in total. The van der Waals surface area contributed by atoms with E-state index in [9.17, 15) is 4.79 Å². The maximum absolute atomic E-state index is 11.9. The van der Waals surface area contributed by atoms with Crippen LogP contribution in [0.5, 0.6) is 0 Å². The zero-order chi connectivity index (χ0) is 10.2. The molecule has 0 aromatic heterocycles. The van der Waals surface area contributed by atoms with Crippen LogP contribution in [-0.2, 0) is 9.53 Å². The Bertz CT molecular complexity index is 267. The van der Waals surface area contributed by atoms with Gasteiger partial charge in [0, 0.05) is 0 Å². The fourth-order valence-electron chi connectivity index (χ4n) is 2.39. The quantitative estimate of drug-likeness (QED) is 0.510. The largest absolute Gasteiger partial charge is 0.465 e. The molecule has 0 spiro atoms. The Morgan fingerprint density at radius 2 is 2.43 bits per heavy atom. The van der Waals surface area contributed by atoms with E-state index >= 15 is 0 Å². The molecule has 0 aromatic carbocycles. The van der Waals surface area contributed by atoms with E-state index in [-0.39, 0.29) is 11.4 Å². The van der Waals surface area contributed by atoms with E-state index in [1.54, 1.807) is 0 Å². The Labute approximate surface area is 85.3 Å². The van der Waals surface area contributed by atoms with Gasteiger partial charge >= 0.3 is 5.97 Å². The Morgan fingerprint density at radius 3 is 2.86 bits per heavy atom. The van der Waals surface area contributed by atoms with E-state index in [0.717, 1.165) is 19.3 Å². The Hall–Kier alpha value is -0.790. The summed E-state index contributed by atoms with van der Waals surface area (Å²) < 4.78 is 5.32. The maximum Gasteiger partial charge on any atom is 0.315 e. The van der Waals surface area contributed by atoms with Crippen LogP contribution in [0.1, 0.15) is 33.1 Å². The molecule has 0 saturated heterocycles. The third-order valence-corrected chi connectivity index (χ3v) is 3.23. The van der Waals surface area contributed by atoms with Crippen LogP contribution in [0.15, 0.2) is 12.2 Å². The van der Waals surface area contributed by atoms with Crippen molar-refractivity contribution in [2.45, 2.75) is 33.1 Å². The van der Waals surface area contributed by atoms with E-state index in [1.807, 2.05) is 0 Å². The molecule has 2 atom stereocenters. The molecule has 14 heavy (non-hydrogen) atoms. The number of hydrogen-bond donors (Lipinski definition) is 0. The van der Waals surface area contributed by atoms with Crippen LogP contribution >= 0.6 is 0 Å². The van der Waals surface area contributed by atoms with Gasteiger partial charge in [-0.25, -0.2) is 0 Å². The van der Waals surface area contributed by atoms with Gasteiger partial charge < -0.3 is 4.74 Å². The van der Waals surface area contributed by atoms with Gasteiger partial charge in [0.25, 0.3) is 0 Å². The lowest BCUT2D eigenvalue weighted by molar-refractivity contribution is -0.153. The SMILES string of the molecule is CC(C)COC(=O)C12C=CC(CC1)C2. The number of hydrogen-bond acceptors (Lipinski definition) is 2. The lowest BCUT2D eigenvalue weighted by Crippen LogP contribution is -2.28. The molecule has 2 aliphatic rings. The number of ether oxygens (including phenoxy) is 1. The van der Waals surface area contributed by atoms with Gasteiger partial charge in [0.05, 0.1) is 12.0 Å². The van der Waals surface area contributed by atoms with Crippen molar-refractivity contribution in [1.29, 1.82) is 0 Å². The molecule has 0 heterocycles. The second-order valence-corrected chi connectivity index (χ2v) is 5.01. The topological polar surface area (TPSA) is 26.3 Å². The summed E-state index contributed by atoms with van der Waals surface area (Å²) in [5.74, 6) is 1.07. The minimum absolute atomic E-state index is 0.00227. The van der Waals surface area contributed by atoms with Crippen molar-refractivity contribution >= 4 is 5.97 Å². The number of rotatable bonds is 3. The fourth-order valence-corrected chi connectivity index (χ4v) is 2.39. The highest BCUT2D eigenvalue weighted by molar-refractivity contribution is 5.80. The number of esters is 1. The van der Waals surface area contributed by atoms with Gasteiger partial charge in [-0.15, -0.1) is 0 Å². The van der Waals surface area contributed by atoms with E-state index in [4.69, 9.17) is 4.74 Å². The summed E-state index contributed by atoms with van der Waals surface area (Å²) in [6.45, 7) is 4.68. The van der Waals surface area contributed by atoms with Crippen molar-refractivity contribution < 1.29 is 9.53 Å². The van der Waals surface area contributed by atoms with E-state index in [0.29, 0.717) is 18.4 Å². The lowest BCUT2D eigenvalue weighted by Gasteiger charge is -2.21. The number of fused-ring (bicyclic) bond motifs is 2. The van der Waals surface area contributed by atoms with Crippen LogP contribution in [0, 0.1) is 17.3 Å². The molecule has 0 amide bonds. The van der Waals surface area contributed by atoms with E-state index in [2.05, 4.69) is 26.0 Å². The summed E-state index contributed by atoms with van der Waals surface area (Å²) >= 11 is 0. The molecular formula is C12H18O2. The predicted molar refractivity (Wildman–Crippen MR) is 54.7 cm³/mol. The van der Waals surface area contributed by atoms with E-state index < -0.39 is 0 Å². The van der Waals surface area contributed by atoms with Gasteiger partial charge in [-0.3, -0.25) is 4.79 Å². The van der Waals surface area contributed by atoms with Crippen LogP contribution < -0.4 is 0 Å². The standard InChI is InChI=1S/C12H18O2/c1-9(2)8-14-11(13)12-5-3-10(7-12)4-6-12/h3,5,9-10H,4,6-8H2,1-2H3. The average molecular weight is 194 g/mol. The summed E-state index contributed by atoms with van der Waals surface area (Å²) in [6, 6.07) is 0. The molecule has 78 valence electrons. The smallest absolute Gasteiger partial charge is 0.315 e. The monoisotopic (exact) mass is 194 g/mol. The van der Waals surface area contributed by atoms with Crippen LogP contribution in [0.25, 0.3) is 0 Å². The molecule has 2 heteroatoms. The Morgan fingerprint density at radius 1 is 1.64 bits per heavy atom. The second kappa shape index (κ2) is 3.41. The van der Waals surface area contributed by atoms with Gasteiger partial charge in [-0.2, -0.15) is 0 Å². The maximum atomic E-state index is 11.9. The first-order valence-corrected chi connectivity index (χ1v) is 5.49. The molecule has 0 radical (unpaired) electrons. The fraction of sp³-hybridized carbons (Fsp3) is 0.750. The zero-order valence-electron chi connectivity index (χ0n) is 8.95. The van der Waals surface area contributed by atoms with E-state index in [1.165, 1.54) is 0 Å². The number of allylic oxidation sites excluding steroid dienone is 1. The number of carbonyl (C=O) groups excluding carboxylic acids is 1. The van der Waals surface area contributed by atoms with Crippen molar-refractivity contribution in [3.8, 4) is 0 Å². The molecule has 2 rings (SSSR count). The Balaban J connectivity index is 1.95. The highest BCUT2D eigenvalue weighted by atomic mass is 16.5. The van der Waals surface area contributed by atoms with Crippen molar-refractivity contribution in [1.82, 2.24) is 0 Å². The molecule has 1 fully saturated rings. The van der Waals surface area contributed by atoms with Gasteiger partial charge in [-0.05, 0) is 31.1 Å². The summed E-state index contributed by atoms with van der Waals surface area (Å²) in [5, 5.41) is 0. The lowest BCUT2D eigenvalue weighted by atomic mass is 9.88. The van der Waals surface area contributed by atoms with Gasteiger partial charge in [0.2, 0.25) is 0 Å². The van der Waals surface area contributed by atoms with Gasteiger partial charge in [-0.1, -0.05) is 26.0 Å². The Kier molecular flexibility index (Phi) is 2.38. The highest BCUT2D eigenvalue weighted by Crippen LogP contribution is 2.49. The van der Waals surface area contributed by atoms with Crippen LogP contribution in [-0.4, -0.2) is 12.6 Å². The first kappa shape index (κ1) is 9.75. The molecule has 2 aliphatic carbocycles. The summed E-state index contributed by atoms with van der Waals surface area (Å²) in [4.78, 5) is 11.9. The first-order valence-electron chi connectivity index (χ1n) is 5.49. The molecular weight excluding hydrogens is 176 g/mol. The van der Waals surface area contributed by atoms with Gasteiger partial charge in [0.1, 0.15) is 0 Å². The molecule has 2 unspecified atom stereocenters. The minimum atomic E-state index is -0.237. The molecule has 1 saturated carbocycles. The first-order chi connectivity index (χ1) is 6.62. The molecule has 0 aliphatic heterocycles. The summed E-state index contributed by atoms with van der Waals surface area (Å²) in [5.41, 5.74) is -0.237. The van der Waals surface area contributed by atoms with Crippen LogP contribution in [0.3, 0.4) is 0 Å². The normalized spacial score (nSPS) is 34.1. The minimum Gasteiger partial charge on any atom is -0.465 e. The molecule has 0 N–H and O–H groups in total. The average Bonchev–Trinajstić information content (AvgIpc) is 2.74. The summed E-state index contributed by atoms with van der Waals surface area (Å²) in [7, 11) is 0. The predicted octanol–water partition coefficient (Wildman–Crippen LogP) is 2.54.